The third kappa shape index (κ3) is 3.90. The number of nitrogens with zero attached hydrogens (tertiary/aromatic N) is 4. The average Bonchev–Trinajstić information content (AvgIpc) is 2.98. The van der Waals surface area contributed by atoms with Crippen LogP contribution in [0.4, 0.5) is 18.3 Å². The number of piperidine rings is 1. The van der Waals surface area contributed by atoms with Crippen molar-refractivity contribution in [2.75, 3.05) is 18.0 Å². The van der Waals surface area contributed by atoms with Crippen LogP contribution in [0, 0.1) is 6.92 Å². The summed E-state index contributed by atoms with van der Waals surface area (Å²) >= 11 is 0.579. The molecule has 0 N–H and O–H groups in total. The topological polar surface area (TPSA) is 51.1 Å². The van der Waals surface area contributed by atoms with Crippen LogP contribution in [0.5, 0.6) is 5.88 Å². The van der Waals surface area contributed by atoms with Crippen molar-refractivity contribution >= 4 is 16.5 Å². The lowest BCUT2D eigenvalue weighted by molar-refractivity contribution is -0.138. The van der Waals surface area contributed by atoms with E-state index in [1.54, 1.807) is 6.07 Å². The maximum absolute atomic E-state index is 12.6. The summed E-state index contributed by atoms with van der Waals surface area (Å²) in [4.78, 5) is 6.11. The van der Waals surface area contributed by atoms with Crippen molar-refractivity contribution in [3.05, 3.63) is 28.9 Å². The molecule has 0 unspecified atom stereocenters. The molecule has 3 rings (SSSR count). The van der Waals surface area contributed by atoms with Crippen LogP contribution in [0.15, 0.2) is 18.2 Å². The fourth-order valence-corrected chi connectivity index (χ4v) is 3.14. The first-order valence-corrected chi connectivity index (χ1v) is 7.99. The van der Waals surface area contributed by atoms with E-state index in [0.29, 0.717) is 48.3 Å². The number of rotatable bonds is 3. The molecule has 5 nitrogen and oxygen atoms in total. The first-order chi connectivity index (χ1) is 10.9. The molecule has 0 atom stereocenters. The maximum Gasteiger partial charge on any atom is 0.445 e. The second kappa shape index (κ2) is 6.31. The number of aromatic nitrogens is 3. The minimum atomic E-state index is -4.44. The van der Waals surface area contributed by atoms with Gasteiger partial charge in [-0.2, -0.15) is 13.2 Å². The first kappa shape index (κ1) is 16.0. The predicted octanol–water partition coefficient (Wildman–Crippen LogP) is 3.31. The Bertz CT molecular complexity index is 668. The average molecular weight is 344 g/mol. The molecule has 0 aromatic carbocycles. The summed E-state index contributed by atoms with van der Waals surface area (Å²) in [6.07, 6.45) is -3.02. The fourth-order valence-electron chi connectivity index (χ4n) is 2.38. The molecule has 1 saturated heterocycles. The highest BCUT2D eigenvalue weighted by Crippen LogP contribution is 2.35. The Balaban J connectivity index is 1.57. The summed E-state index contributed by atoms with van der Waals surface area (Å²) in [6.45, 7) is 3.06. The number of hydrogen-bond donors (Lipinski definition) is 0. The standard InChI is InChI=1S/C14H15F3N4OS/c1-9-3-2-4-11(18-9)22-10-5-7-21(8-6-10)13-20-19-12(23-13)14(15,16)17/h2-4,10H,5-8H2,1H3. The SMILES string of the molecule is Cc1cccc(OC2CCN(c3nnc(C(F)(F)F)s3)CC2)n1. The molecular weight excluding hydrogens is 329 g/mol. The van der Waals surface area contributed by atoms with Crippen LogP contribution in [0.25, 0.3) is 0 Å². The monoisotopic (exact) mass is 344 g/mol. The number of halogens is 3. The highest BCUT2D eigenvalue weighted by molar-refractivity contribution is 7.15. The van der Waals surface area contributed by atoms with Crippen molar-refractivity contribution in [1.29, 1.82) is 0 Å². The van der Waals surface area contributed by atoms with Gasteiger partial charge in [-0.25, -0.2) is 4.98 Å². The van der Waals surface area contributed by atoms with Gasteiger partial charge in [-0.15, -0.1) is 10.2 Å². The molecule has 1 fully saturated rings. The van der Waals surface area contributed by atoms with E-state index in [2.05, 4.69) is 15.2 Å². The minimum Gasteiger partial charge on any atom is -0.474 e. The van der Waals surface area contributed by atoms with Gasteiger partial charge in [0.05, 0.1) is 0 Å². The number of hydrogen-bond acceptors (Lipinski definition) is 6. The van der Waals surface area contributed by atoms with E-state index >= 15 is 0 Å². The lowest BCUT2D eigenvalue weighted by Crippen LogP contribution is -2.38. The summed E-state index contributed by atoms with van der Waals surface area (Å²) in [5.41, 5.74) is 0.883. The maximum atomic E-state index is 12.6. The van der Waals surface area contributed by atoms with E-state index in [1.165, 1.54) is 0 Å². The summed E-state index contributed by atoms with van der Waals surface area (Å²) in [5.74, 6) is 0.582. The van der Waals surface area contributed by atoms with Crippen molar-refractivity contribution < 1.29 is 17.9 Å². The zero-order valence-corrected chi connectivity index (χ0v) is 13.2. The lowest BCUT2D eigenvalue weighted by Gasteiger charge is -2.31. The second-order valence-electron chi connectivity index (χ2n) is 5.31. The smallest absolute Gasteiger partial charge is 0.445 e. The Labute approximate surface area is 135 Å². The summed E-state index contributed by atoms with van der Waals surface area (Å²) in [6, 6.07) is 5.58. The van der Waals surface area contributed by atoms with E-state index in [0.717, 1.165) is 5.69 Å². The van der Waals surface area contributed by atoms with Gasteiger partial charge in [-0.1, -0.05) is 17.4 Å². The number of pyridine rings is 1. The Morgan fingerprint density at radius 2 is 1.96 bits per heavy atom. The quantitative estimate of drug-likeness (QED) is 0.855. The highest BCUT2D eigenvalue weighted by Gasteiger charge is 2.36. The van der Waals surface area contributed by atoms with Gasteiger partial charge >= 0.3 is 6.18 Å². The van der Waals surface area contributed by atoms with Crippen LogP contribution in [0.3, 0.4) is 0 Å². The van der Waals surface area contributed by atoms with E-state index < -0.39 is 11.2 Å². The molecule has 1 aliphatic rings. The van der Waals surface area contributed by atoms with Crippen LogP contribution < -0.4 is 9.64 Å². The first-order valence-electron chi connectivity index (χ1n) is 7.18. The zero-order valence-electron chi connectivity index (χ0n) is 12.4. The van der Waals surface area contributed by atoms with Gasteiger partial charge in [0.1, 0.15) is 6.10 Å². The van der Waals surface area contributed by atoms with Crippen molar-refractivity contribution in [2.24, 2.45) is 0 Å². The van der Waals surface area contributed by atoms with Gasteiger partial charge in [-0.05, 0) is 13.0 Å². The van der Waals surface area contributed by atoms with Gasteiger partial charge in [0.15, 0.2) is 0 Å². The summed E-state index contributed by atoms with van der Waals surface area (Å²) in [5, 5.41) is 6.27. The largest absolute Gasteiger partial charge is 0.474 e. The predicted molar refractivity (Wildman–Crippen MR) is 79.7 cm³/mol. The van der Waals surface area contributed by atoms with Crippen LogP contribution in [0.2, 0.25) is 0 Å². The van der Waals surface area contributed by atoms with Gasteiger partial charge in [0, 0.05) is 37.7 Å². The second-order valence-corrected chi connectivity index (χ2v) is 6.26. The third-order valence-electron chi connectivity index (χ3n) is 3.52. The molecule has 0 saturated carbocycles. The third-order valence-corrected chi connectivity index (χ3v) is 4.55. The van der Waals surface area contributed by atoms with Crippen molar-refractivity contribution in [3.8, 4) is 5.88 Å². The van der Waals surface area contributed by atoms with Crippen molar-refractivity contribution in [2.45, 2.75) is 32.0 Å². The molecule has 23 heavy (non-hydrogen) atoms. The van der Waals surface area contributed by atoms with Crippen molar-refractivity contribution in [3.63, 3.8) is 0 Å². The van der Waals surface area contributed by atoms with E-state index in [9.17, 15) is 13.2 Å². The Hall–Kier alpha value is -1.90. The molecule has 2 aromatic rings. The van der Waals surface area contributed by atoms with Crippen LogP contribution >= 0.6 is 11.3 Å². The lowest BCUT2D eigenvalue weighted by atomic mass is 10.1. The normalized spacial score (nSPS) is 16.6. The van der Waals surface area contributed by atoms with Gasteiger partial charge in [-0.3, -0.25) is 0 Å². The molecule has 1 aliphatic heterocycles. The van der Waals surface area contributed by atoms with Gasteiger partial charge in [0.25, 0.3) is 0 Å². The molecule has 0 aliphatic carbocycles. The molecule has 9 heteroatoms. The number of alkyl halides is 3. The molecule has 0 amide bonds. The van der Waals surface area contributed by atoms with Crippen LogP contribution in [-0.4, -0.2) is 34.4 Å². The highest BCUT2D eigenvalue weighted by atomic mass is 32.1. The number of aryl methyl sites for hydroxylation is 1. The summed E-state index contributed by atoms with van der Waals surface area (Å²) in [7, 11) is 0. The molecule has 0 bridgehead atoms. The summed E-state index contributed by atoms with van der Waals surface area (Å²) < 4.78 is 43.5. The van der Waals surface area contributed by atoms with Gasteiger partial charge in [0.2, 0.25) is 16.0 Å². The van der Waals surface area contributed by atoms with Crippen LogP contribution in [0.1, 0.15) is 23.5 Å². The Morgan fingerprint density at radius 1 is 1.22 bits per heavy atom. The Morgan fingerprint density at radius 3 is 2.57 bits per heavy atom. The van der Waals surface area contributed by atoms with E-state index in [-0.39, 0.29) is 6.10 Å². The molecule has 0 spiro atoms. The zero-order chi connectivity index (χ0) is 16.4. The molecule has 0 radical (unpaired) electrons. The molecule has 2 aromatic heterocycles. The van der Waals surface area contributed by atoms with Crippen molar-refractivity contribution in [1.82, 2.24) is 15.2 Å². The van der Waals surface area contributed by atoms with Crippen LogP contribution in [-0.2, 0) is 6.18 Å². The minimum absolute atomic E-state index is 0.00978. The number of anilines is 1. The molecular formula is C14H15F3N4OS. The molecule has 3 heterocycles. The molecule has 124 valence electrons. The fraction of sp³-hybridized carbons (Fsp3) is 0.500. The Kier molecular flexibility index (Phi) is 4.38. The van der Waals surface area contributed by atoms with E-state index in [4.69, 9.17) is 4.74 Å². The van der Waals surface area contributed by atoms with Gasteiger partial charge < -0.3 is 9.64 Å². The van der Waals surface area contributed by atoms with E-state index in [1.807, 2.05) is 24.0 Å². The number of ether oxygens (including phenoxy) is 1.